The second-order valence-corrected chi connectivity index (χ2v) is 8.38. The summed E-state index contributed by atoms with van der Waals surface area (Å²) < 4.78 is 22.6. The van der Waals surface area contributed by atoms with E-state index in [1.165, 1.54) is 0 Å². The highest BCUT2D eigenvalue weighted by molar-refractivity contribution is 5.79. The van der Waals surface area contributed by atoms with Crippen LogP contribution in [0.4, 0.5) is 0 Å². The van der Waals surface area contributed by atoms with Gasteiger partial charge in [-0.3, -0.25) is 9.89 Å². The number of nitrogens with one attached hydrogen (secondary N) is 2. The van der Waals surface area contributed by atoms with Gasteiger partial charge in [0.05, 0.1) is 12.7 Å². The molecule has 0 saturated carbocycles. The summed E-state index contributed by atoms with van der Waals surface area (Å²) in [5.41, 5.74) is 1.16. The number of nitrogens with zero attached hydrogens (tertiary/aromatic N) is 2. The molecule has 0 spiro atoms. The lowest BCUT2D eigenvalue weighted by molar-refractivity contribution is 0.0392. The van der Waals surface area contributed by atoms with Crippen LogP contribution in [-0.4, -0.2) is 89.8 Å². The van der Waals surface area contributed by atoms with Crippen molar-refractivity contribution in [1.29, 1.82) is 0 Å². The van der Waals surface area contributed by atoms with Crippen LogP contribution in [0.25, 0.3) is 0 Å². The van der Waals surface area contributed by atoms with Crippen LogP contribution in [0.1, 0.15) is 31.2 Å². The predicted octanol–water partition coefficient (Wildman–Crippen LogP) is 2.04. The van der Waals surface area contributed by atoms with Gasteiger partial charge in [-0.1, -0.05) is 12.1 Å². The minimum Gasteiger partial charge on any atom is -0.492 e. The molecule has 180 valence electrons. The molecule has 1 aromatic carbocycles. The Morgan fingerprint density at radius 3 is 2.75 bits per heavy atom. The summed E-state index contributed by atoms with van der Waals surface area (Å²) in [5.74, 6) is 1.69. The quantitative estimate of drug-likeness (QED) is 0.288. The molecule has 1 atom stereocenters. The predicted molar refractivity (Wildman–Crippen MR) is 126 cm³/mol. The van der Waals surface area contributed by atoms with E-state index in [4.69, 9.17) is 18.9 Å². The van der Waals surface area contributed by atoms with Crippen molar-refractivity contribution in [2.75, 3.05) is 66.8 Å². The number of aliphatic imine (C=N–C) groups is 1. The lowest BCUT2D eigenvalue weighted by Gasteiger charge is -2.31. The fraction of sp³-hybridized carbons (Fsp3) is 0.708. The molecule has 2 fully saturated rings. The lowest BCUT2D eigenvalue weighted by Crippen LogP contribution is -2.38. The molecule has 2 N–H and O–H groups in total. The van der Waals surface area contributed by atoms with Gasteiger partial charge in [0, 0.05) is 59.2 Å². The van der Waals surface area contributed by atoms with Crippen LogP contribution in [0.5, 0.6) is 5.75 Å². The van der Waals surface area contributed by atoms with Crippen LogP contribution < -0.4 is 15.4 Å². The van der Waals surface area contributed by atoms with E-state index >= 15 is 0 Å². The van der Waals surface area contributed by atoms with E-state index in [9.17, 15) is 0 Å². The second-order valence-electron chi connectivity index (χ2n) is 8.38. The molecule has 2 saturated heterocycles. The van der Waals surface area contributed by atoms with Gasteiger partial charge in [0.1, 0.15) is 12.4 Å². The number of hydrogen-bond acceptors (Lipinski definition) is 6. The van der Waals surface area contributed by atoms with Crippen molar-refractivity contribution in [2.24, 2.45) is 4.99 Å². The Morgan fingerprint density at radius 2 is 1.97 bits per heavy atom. The Hall–Kier alpha value is -1.87. The van der Waals surface area contributed by atoms with Crippen LogP contribution in [-0.2, 0) is 20.8 Å². The van der Waals surface area contributed by atoms with E-state index in [0.29, 0.717) is 19.2 Å². The summed E-state index contributed by atoms with van der Waals surface area (Å²) in [6.07, 6.45) is 4.42. The van der Waals surface area contributed by atoms with E-state index in [-0.39, 0.29) is 6.10 Å². The van der Waals surface area contributed by atoms with Gasteiger partial charge in [-0.05, 0) is 50.4 Å². The highest BCUT2D eigenvalue weighted by Crippen LogP contribution is 2.15. The van der Waals surface area contributed by atoms with Crippen LogP contribution in [0.2, 0.25) is 0 Å². The topological polar surface area (TPSA) is 76.6 Å². The SMILES string of the molecule is CN=C(NCCCOC1CCOC1)NCc1cccc(OCCN(C)C2CCOCC2)c1. The maximum Gasteiger partial charge on any atom is 0.191 e. The Balaban J connectivity index is 1.30. The van der Waals surface area contributed by atoms with Crippen molar-refractivity contribution in [3.05, 3.63) is 29.8 Å². The molecule has 1 aromatic rings. The zero-order valence-electron chi connectivity index (χ0n) is 19.7. The molecule has 1 unspecified atom stereocenters. The van der Waals surface area contributed by atoms with E-state index in [2.05, 4.69) is 39.7 Å². The van der Waals surface area contributed by atoms with Crippen molar-refractivity contribution < 1.29 is 18.9 Å². The number of hydrogen-bond donors (Lipinski definition) is 2. The summed E-state index contributed by atoms with van der Waals surface area (Å²) in [7, 11) is 3.96. The fourth-order valence-electron chi connectivity index (χ4n) is 3.94. The standard InChI is InChI=1S/C24H40N4O4/c1-25-24(26-10-4-12-31-23-9-15-30-19-23)27-18-20-5-3-6-22(17-20)32-16-11-28(2)21-7-13-29-14-8-21/h3,5-6,17,21,23H,4,7-16,18-19H2,1-2H3,(H2,25,26,27). The van der Waals surface area contributed by atoms with Gasteiger partial charge in [-0.2, -0.15) is 0 Å². The zero-order valence-corrected chi connectivity index (χ0v) is 19.7. The fourth-order valence-corrected chi connectivity index (χ4v) is 3.94. The second kappa shape index (κ2) is 14.3. The van der Waals surface area contributed by atoms with Gasteiger partial charge in [0.2, 0.25) is 0 Å². The maximum atomic E-state index is 6.01. The lowest BCUT2D eigenvalue weighted by atomic mass is 10.1. The number of benzene rings is 1. The van der Waals surface area contributed by atoms with Crippen molar-refractivity contribution >= 4 is 5.96 Å². The Kier molecular flexibility index (Phi) is 11.1. The molecular formula is C24H40N4O4. The van der Waals surface area contributed by atoms with Crippen LogP contribution in [0.3, 0.4) is 0 Å². The zero-order chi connectivity index (χ0) is 22.4. The van der Waals surface area contributed by atoms with Crippen LogP contribution in [0, 0.1) is 0 Å². The monoisotopic (exact) mass is 448 g/mol. The molecule has 0 radical (unpaired) electrons. The number of likely N-dealkylation sites (N-methyl/N-ethyl adjacent to an activating group) is 1. The van der Waals surface area contributed by atoms with Crippen LogP contribution in [0.15, 0.2) is 29.3 Å². The van der Waals surface area contributed by atoms with E-state index in [1.54, 1.807) is 7.05 Å². The summed E-state index contributed by atoms with van der Waals surface area (Å²) in [5, 5.41) is 6.70. The smallest absolute Gasteiger partial charge is 0.191 e. The largest absolute Gasteiger partial charge is 0.492 e. The molecule has 0 aromatic heterocycles. The first-order chi connectivity index (χ1) is 15.7. The Labute approximate surface area is 192 Å². The summed E-state index contributed by atoms with van der Waals surface area (Å²) >= 11 is 0. The summed E-state index contributed by atoms with van der Waals surface area (Å²) in [4.78, 5) is 6.69. The third-order valence-electron chi connectivity index (χ3n) is 5.96. The summed E-state index contributed by atoms with van der Waals surface area (Å²) in [6.45, 7) is 7.13. The third kappa shape index (κ3) is 8.94. The minimum absolute atomic E-state index is 0.268. The molecule has 0 aliphatic carbocycles. The van der Waals surface area contributed by atoms with E-state index in [0.717, 1.165) is 89.1 Å². The molecule has 0 amide bonds. The normalized spacial score (nSPS) is 20.0. The average molecular weight is 449 g/mol. The van der Waals surface area contributed by atoms with E-state index < -0.39 is 0 Å². The maximum absolute atomic E-state index is 6.01. The Bertz CT molecular complexity index is 676. The third-order valence-corrected chi connectivity index (χ3v) is 5.96. The highest BCUT2D eigenvalue weighted by Gasteiger charge is 2.18. The first-order valence-electron chi connectivity index (χ1n) is 11.9. The average Bonchev–Trinajstić information content (AvgIpc) is 3.35. The van der Waals surface area contributed by atoms with Gasteiger partial charge in [-0.15, -0.1) is 0 Å². The minimum atomic E-state index is 0.268. The molecule has 3 rings (SSSR count). The molecule has 0 bridgehead atoms. The molecule has 32 heavy (non-hydrogen) atoms. The van der Waals surface area contributed by atoms with Crippen molar-refractivity contribution in [2.45, 2.75) is 44.4 Å². The first kappa shape index (κ1) is 24.8. The highest BCUT2D eigenvalue weighted by atomic mass is 16.5. The Morgan fingerprint density at radius 1 is 1.12 bits per heavy atom. The molecular weight excluding hydrogens is 408 g/mol. The van der Waals surface area contributed by atoms with Gasteiger partial charge in [-0.25, -0.2) is 0 Å². The molecule has 2 heterocycles. The van der Waals surface area contributed by atoms with Gasteiger partial charge in [0.25, 0.3) is 0 Å². The molecule has 2 aliphatic rings. The first-order valence-corrected chi connectivity index (χ1v) is 11.9. The van der Waals surface area contributed by atoms with Crippen LogP contribution >= 0.6 is 0 Å². The van der Waals surface area contributed by atoms with Gasteiger partial charge < -0.3 is 29.6 Å². The number of guanidine groups is 1. The molecule has 2 aliphatic heterocycles. The number of rotatable bonds is 12. The molecule has 8 heteroatoms. The van der Waals surface area contributed by atoms with Crippen molar-refractivity contribution in [1.82, 2.24) is 15.5 Å². The summed E-state index contributed by atoms with van der Waals surface area (Å²) in [6, 6.07) is 8.84. The number of ether oxygens (including phenoxy) is 4. The molecule has 8 nitrogen and oxygen atoms in total. The van der Waals surface area contributed by atoms with Gasteiger partial charge in [0.15, 0.2) is 5.96 Å². The van der Waals surface area contributed by atoms with E-state index in [1.807, 2.05) is 12.1 Å². The van der Waals surface area contributed by atoms with Gasteiger partial charge >= 0.3 is 0 Å². The van der Waals surface area contributed by atoms with Crippen molar-refractivity contribution in [3.63, 3.8) is 0 Å². The van der Waals surface area contributed by atoms with Crippen molar-refractivity contribution in [3.8, 4) is 5.75 Å².